The third kappa shape index (κ3) is 3.28. The molecule has 0 unspecified atom stereocenters. The number of halogens is 3. The lowest BCUT2D eigenvalue weighted by molar-refractivity contribution is -0.153. The third-order valence-electron chi connectivity index (χ3n) is 1.64. The van der Waals surface area contributed by atoms with Gasteiger partial charge in [0.05, 0.1) is 0 Å². The highest BCUT2D eigenvalue weighted by atomic mass is 19.4. The maximum absolute atomic E-state index is 11.8. The standard InChI is InChI=1S/C10H10F3O/c1-2-8-5-3-4-6-9(8)14-7-10(11,12)13/h3-4,6H,2,7H2,1H3. The minimum atomic E-state index is -4.29. The molecule has 1 aromatic rings. The zero-order chi connectivity index (χ0) is 10.6. The molecule has 0 bridgehead atoms. The summed E-state index contributed by atoms with van der Waals surface area (Å²) in [5.74, 6) is 0.257. The second-order valence-electron chi connectivity index (χ2n) is 2.77. The summed E-state index contributed by atoms with van der Waals surface area (Å²) in [6.07, 6.45) is -3.69. The van der Waals surface area contributed by atoms with Crippen LogP contribution < -0.4 is 4.74 Å². The molecule has 0 saturated carbocycles. The average Bonchev–Trinajstić information content (AvgIpc) is 2.14. The SMILES string of the molecule is CCc1[c]cccc1OCC(F)(F)F. The summed E-state index contributed by atoms with van der Waals surface area (Å²) in [5, 5.41) is 0. The molecule has 77 valence electrons. The van der Waals surface area contributed by atoms with Gasteiger partial charge in [0.15, 0.2) is 6.61 Å². The molecule has 1 aromatic carbocycles. The van der Waals surface area contributed by atoms with Gasteiger partial charge in [-0.15, -0.1) is 0 Å². The summed E-state index contributed by atoms with van der Waals surface area (Å²) in [6.45, 7) is 0.587. The van der Waals surface area contributed by atoms with Crippen LogP contribution in [0.2, 0.25) is 0 Å². The molecule has 0 saturated heterocycles. The first-order chi connectivity index (χ1) is 6.53. The van der Waals surface area contributed by atoms with Crippen molar-refractivity contribution < 1.29 is 17.9 Å². The minimum Gasteiger partial charge on any atom is -0.484 e. The van der Waals surface area contributed by atoms with Crippen LogP contribution in [0.15, 0.2) is 18.2 Å². The lowest BCUT2D eigenvalue weighted by atomic mass is 10.1. The summed E-state index contributed by atoms with van der Waals surface area (Å²) >= 11 is 0. The highest BCUT2D eigenvalue weighted by Gasteiger charge is 2.28. The predicted molar refractivity (Wildman–Crippen MR) is 46.2 cm³/mol. The molecule has 0 aromatic heterocycles. The van der Waals surface area contributed by atoms with E-state index < -0.39 is 12.8 Å². The van der Waals surface area contributed by atoms with E-state index in [9.17, 15) is 13.2 Å². The fraction of sp³-hybridized carbons (Fsp3) is 0.400. The van der Waals surface area contributed by atoms with Crippen LogP contribution in [0.1, 0.15) is 12.5 Å². The molecular formula is C10H10F3O. The van der Waals surface area contributed by atoms with Gasteiger partial charge in [-0.2, -0.15) is 13.2 Å². The molecule has 1 radical (unpaired) electrons. The number of benzene rings is 1. The van der Waals surface area contributed by atoms with Gasteiger partial charge in [0.25, 0.3) is 0 Å². The van der Waals surface area contributed by atoms with Crippen molar-refractivity contribution >= 4 is 0 Å². The van der Waals surface area contributed by atoms with Gasteiger partial charge in [0.2, 0.25) is 0 Å². The van der Waals surface area contributed by atoms with E-state index >= 15 is 0 Å². The Bertz CT molecular complexity index is 294. The zero-order valence-electron chi connectivity index (χ0n) is 7.69. The smallest absolute Gasteiger partial charge is 0.422 e. The van der Waals surface area contributed by atoms with Gasteiger partial charge in [0.1, 0.15) is 5.75 Å². The van der Waals surface area contributed by atoms with Gasteiger partial charge in [0, 0.05) is 5.56 Å². The van der Waals surface area contributed by atoms with E-state index in [-0.39, 0.29) is 5.75 Å². The van der Waals surface area contributed by atoms with Crippen LogP contribution in [0.3, 0.4) is 0 Å². The van der Waals surface area contributed by atoms with Crippen molar-refractivity contribution in [2.24, 2.45) is 0 Å². The fourth-order valence-electron chi connectivity index (χ4n) is 1.03. The summed E-state index contributed by atoms with van der Waals surface area (Å²) in [7, 11) is 0. The quantitative estimate of drug-likeness (QED) is 0.733. The Morgan fingerprint density at radius 1 is 1.43 bits per heavy atom. The molecular weight excluding hydrogens is 193 g/mol. The first kappa shape index (κ1) is 10.9. The molecule has 0 aliphatic heterocycles. The molecule has 0 amide bonds. The van der Waals surface area contributed by atoms with Gasteiger partial charge in [-0.25, -0.2) is 0 Å². The Kier molecular flexibility index (Phi) is 3.38. The molecule has 4 heteroatoms. The predicted octanol–water partition coefficient (Wildman–Crippen LogP) is 2.99. The maximum atomic E-state index is 11.8. The molecule has 0 atom stereocenters. The van der Waals surface area contributed by atoms with Crippen molar-refractivity contribution in [1.29, 1.82) is 0 Å². The average molecular weight is 203 g/mol. The van der Waals surface area contributed by atoms with E-state index in [0.717, 1.165) is 0 Å². The number of aryl methyl sites for hydroxylation is 1. The van der Waals surface area contributed by atoms with E-state index in [4.69, 9.17) is 0 Å². The summed E-state index contributed by atoms with van der Waals surface area (Å²) in [6, 6.07) is 7.60. The Labute approximate surface area is 80.5 Å². The lowest BCUT2D eigenvalue weighted by Crippen LogP contribution is -2.19. The second kappa shape index (κ2) is 4.35. The van der Waals surface area contributed by atoms with E-state index in [1.165, 1.54) is 6.07 Å². The topological polar surface area (TPSA) is 9.23 Å². The van der Waals surface area contributed by atoms with Crippen LogP contribution in [0.25, 0.3) is 0 Å². The van der Waals surface area contributed by atoms with E-state index in [1.54, 1.807) is 12.1 Å². The number of ether oxygens (including phenoxy) is 1. The lowest BCUT2D eigenvalue weighted by Gasteiger charge is -2.11. The van der Waals surface area contributed by atoms with E-state index in [2.05, 4.69) is 10.8 Å². The van der Waals surface area contributed by atoms with E-state index in [0.29, 0.717) is 12.0 Å². The van der Waals surface area contributed by atoms with Gasteiger partial charge in [-0.05, 0) is 18.6 Å². The number of alkyl halides is 3. The Morgan fingerprint density at radius 2 is 2.14 bits per heavy atom. The molecule has 0 aliphatic rings. The summed E-state index contributed by atoms with van der Waals surface area (Å²) < 4.78 is 40.2. The van der Waals surface area contributed by atoms with Crippen LogP contribution in [0, 0.1) is 6.07 Å². The van der Waals surface area contributed by atoms with E-state index in [1.807, 2.05) is 6.92 Å². The van der Waals surface area contributed by atoms with Gasteiger partial charge in [-0.3, -0.25) is 0 Å². The van der Waals surface area contributed by atoms with Crippen LogP contribution in [0.5, 0.6) is 5.75 Å². The fourth-order valence-corrected chi connectivity index (χ4v) is 1.03. The number of hydrogen-bond acceptors (Lipinski definition) is 1. The van der Waals surface area contributed by atoms with Crippen molar-refractivity contribution in [3.63, 3.8) is 0 Å². The molecule has 14 heavy (non-hydrogen) atoms. The van der Waals surface area contributed by atoms with Gasteiger partial charge >= 0.3 is 6.18 Å². The first-order valence-electron chi connectivity index (χ1n) is 4.22. The highest BCUT2D eigenvalue weighted by molar-refractivity contribution is 5.32. The molecule has 1 rings (SSSR count). The molecule has 1 nitrogen and oxygen atoms in total. The monoisotopic (exact) mass is 203 g/mol. The van der Waals surface area contributed by atoms with Gasteiger partial charge < -0.3 is 4.74 Å². The first-order valence-corrected chi connectivity index (χ1v) is 4.22. The number of rotatable bonds is 3. The highest BCUT2D eigenvalue weighted by Crippen LogP contribution is 2.21. The van der Waals surface area contributed by atoms with Crippen molar-refractivity contribution in [2.75, 3.05) is 6.61 Å². The summed E-state index contributed by atoms with van der Waals surface area (Å²) in [5.41, 5.74) is 0.664. The maximum Gasteiger partial charge on any atom is 0.422 e. The van der Waals surface area contributed by atoms with Crippen molar-refractivity contribution in [2.45, 2.75) is 19.5 Å². The molecule has 0 heterocycles. The van der Waals surface area contributed by atoms with Crippen LogP contribution in [-0.4, -0.2) is 12.8 Å². The molecule has 0 spiro atoms. The largest absolute Gasteiger partial charge is 0.484 e. The van der Waals surface area contributed by atoms with Crippen LogP contribution in [0.4, 0.5) is 13.2 Å². The van der Waals surface area contributed by atoms with Crippen molar-refractivity contribution in [3.8, 4) is 5.75 Å². The van der Waals surface area contributed by atoms with Crippen molar-refractivity contribution in [1.82, 2.24) is 0 Å². The zero-order valence-corrected chi connectivity index (χ0v) is 7.69. The summed E-state index contributed by atoms with van der Waals surface area (Å²) in [4.78, 5) is 0. The van der Waals surface area contributed by atoms with Crippen LogP contribution in [-0.2, 0) is 6.42 Å². The normalized spacial score (nSPS) is 11.4. The molecule has 0 fully saturated rings. The Morgan fingerprint density at radius 3 is 2.71 bits per heavy atom. The number of hydrogen-bond donors (Lipinski definition) is 0. The van der Waals surface area contributed by atoms with Gasteiger partial charge in [-0.1, -0.05) is 19.1 Å². The minimum absolute atomic E-state index is 0.257. The Balaban J connectivity index is 2.67. The van der Waals surface area contributed by atoms with Crippen molar-refractivity contribution in [3.05, 3.63) is 29.8 Å². The third-order valence-corrected chi connectivity index (χ3v) is 1.64. The molecule has 0 aliphatic carbocycles. The van der Waals surface area contributed by atoms with Crippen LogP contribution >= 0.6 is 0 Å². The Hall–Kier alpha value is -1.19. The molecule has 0 N–H and O–H groups in total. The second-order valence-corrected chi connectivity index (χ2v) is 2.77.